The summed E-state index contributed by atoms with van der Waals surface area (Å²) in [5.74, 6) is 3.57. The van der Waals surface area contributed by atoms with Crippen molar-refractivity contribution in [3.05, 3.63) is 36.0 Å². The van der Waals surface area contributed by atoms with E-state index in [9.17, 15) is 0 Å². The molecule has 0 aliphatic rings. The zero-order chi connectivity index (χ0) is 12.8. The number of nitrogen functional groups attached to an aromatic ring is 1. The van der Waals surface area contributed by atoms with E-state index >= 15 is 0 Å². The van der Waals surface area contributed by atoms with Crippen molar-refractivity contribution in [1.29, 1.82) is 0 Å². The Morgan fingerprint density at radius 1 is 1.39 bits per heavy atom. The van der Waals surface area contributed by atoms with Crippen LogP contribution >= 0.6 is 11.8 Å². The van der Waals surface area contributed by atoms with E-state index in [2.05, 4.69) is 17.1 Å². The van der Waals surface area contributed by atoms with Crippen LogP contribution in [-0.4, -0.2) is 15.9 Å². The maximum Gasteiger partial charge on any atom is 0.264 e. The van der Waals surface area contributed by atoms with Gasteiger partial charge in [-0.3, -0.25) is 0 Å². The monoisotopic (exact) mass is 265 g/mol. The van der Waals surface area contributed by atoms with Crippen molar-refractivity contribution in [2.75, 3.05) is 11.5 Å². The molecule has 1 aromatic heterocycles. The van der Waals surface area contributed by atoms with Crippen molar-refractivity contribution < 1.29 is 9.26 Å². The lowest BCUT2D eigenvalue weighted by molar-refractivity contribution is 0.243. The van der Waals surface area contributed by atoms with Crippen molar-refractivity contribution in [3.63, 3.8) is 0 Å². The zero-order valence-electron chi connectivity index (χ0n) is 10.1. The van der Waals surface area contributed by atoms with Gasteiger partial charge in [0.1, 0.15) is 5.75 Å². The molecule has 0 aliphatic heterocycles. The van der Waals surface area contributed by atoms with Gasteiger partial charge in [-0.05, 0) is 17.9 Å². The van der Waals surface area contributed by atoms with Crippen LogP contribution in [-0.2, 0) is 12.4 Å². The first-order chi connectivity index (χ1) is 8.79. The Hall–Kier alpha value is -1.69. The molecule has 0 aliphatic carbocycles. The summed E-state index contributed by atoms with van der Waals surface area (Å²) in [7, 11) is 0. The summed E-state index contributed by atoms with van der Waals surface area (Å²) >= 11 is 1.75. The van der Waals surface area contributed by atoms with Gasteiger partial charge in [0.25, 0.3) is 5.89 Å². The molecule has 0 saturated heterocycles. The average Bonchev–Trinajstić information content (AvgIpc) is 2.83. The molecule has 1 aromatic carbocycles. The molecule has 0 amide bonds. The summed E-state index contributed by atoms with van der Waals surface area (Å²) in [6, 6.07) is 7.31. The summed E-state index contributed by atoms with van der Waals surface area (Å²) in [5.41, 5.74) is 6.36. The summed E-state index contributed by atoms with van der Waals surface area (Å²) < 4.78 is 10.6. The topological polar surface area (TPSA) is 74.2 Å². The number of hydrogen-bond donors (Lipinski definition) is 1. The number of rotatable bonds is 6. The third-order valence-corrected chi connectivity index (χ3v) is 3.09. The molecule has 0 spiro atoms. The minimum atomic E-state index is 0.234. The van der Waals surface area contributed by atoms with Gasteiger partial charge in [-0.15, -0.1) is 0 Å². The number of benzene rings is 1. The molecule has 6 heteroatoms. The average molecular weight is 265 g/mol. The van der Waals surface area contributed by atoms with Crippen LogP contribution in [0.4, 0.5) is 5.69 Å². The van der Waals surface area contributed by atoms with Crippen LogP contribution in [0.25, 0.3) is 0 Å². The first-order valence-electron chi connectivity index (χ1n) is 5.66. The lowest BCUT2D eigenvalue weighted by atomic mass is 10.3. The van der Waals surface area contributed by atoms with Crippen LogP contribution in [0.2, 0.25) is 0 Å². The van der Waals surface area contributed by atoms with E-state index in [1.807, 2.05) is 12.1 Å². The Morgan fingerprint density at radius 3 is 3.00 bits per heavy atom. The summed E-state index contributed by atoms with van der Waals surface area (Å²) in [6.07, 6.45) is 0. The second-order valence-electron chi connectivity index (χ2n) is 3.57. The molecule has 0 atom stereocenters. The third-order valence-electron chi connectivity index (χ3n) is 2.22. The van der Waals surface area contributed by atoms with E-state index in [1.165, 1.54) is 0 Å². The van der Waals surface area contributed by atoms with Gasteiger partial charge in [0.05, 0.1) is 11.4 Å². The highest BCUT2D eigenvalue weighted by Gasteiger charge is 2.07. The van der Waals surface area contributed by atoms with Gasteiger partial charge in [0.15, 0.2) is 12.4 Å². The van der Waals surface area contributed by atoms with Crippen molar-refractivity contribution in [2.45, 2.75) is 19.3 Å². The van der Waals surface area contributed by atoms with Gasteiger partial charge in [0.2, 0.25) is 0 Å². The molecule has 0 radical (unpaired) electrons. The highest BCUT2D eigenvalue weighted by Crippen LogP contribution is 2.20. The highest BCUT2D eigenvalue weighted by atomic mass is 32.2. The molecular weight excluding hydrogens is 250 g/mol. The summed E-state index contributed by atoms with van der Waals surface area (Å²) in [4.78, 5) is 4.23. The molecule has 0 saturated carbocycles. The fraction of sp³-hybridized carbons (Fsp3) is 0.333. The van der Waals surface area contributed by atoms with E-state index in [1.54, 1.807) is 23.9 Å². The number of nitrogens with zero attached hydrogens (tertiary/aromatic N) is 2. The van der Waals surface area contributed by atoms with Crippen LogP contribution in [0, 0.1) is 0 Å². The normalized spacial score (nSPS) is 10.5. The van der Waals surface area contributed by atoms with Gasteiger partial charge in [-0.1, -0.05) is 24.2 Å². The lowest BCUT2D eigenvalue weighted by Crippen LogP contribution is -1.99. The Balaban J connectivity index is 1.90. The second-order valence-corrected chi connectivity index (χ2v) is 4.84. The predicted octanol–water partition coefficient (Wildman–Crippen LogP) is 2.48. The Kier molecular flexibility index (Phi) is 4.46. The fourth-order valence-electron chi connectivity index (χ4n) is 1.35. The number of anilines is 1. The molecule has 5 nitrogen and oxygen atoms in total. The van der Waals surface area contributed by atoms with Gasteiger partial charge in [-0.2, -0.15) is 16.7 Å². The smallest absolute Gasteiger partial charge is 0.264 e. The summed E-state index contributed by atoms with van der Waals surface area (Å²) in [5, 5.41) is 3.87. The number of para-hydroxylation sites is 2. The van der Waals surface area contributed by atoms with Crippen LogP contribution in [0.15, 0.2) is 28.8 Å². The van der Waals surface area contributed by atoms with Crippen molar-refractivity contribution in [1.82, 2.24) is 10.1 Å². The van der Waals surface area contributed by atoms with Gasteiger partial charge in [0, 0.05) is 0 Å². The van der Waals surface area contributed by atoms with Crippen LogP contribution < -0.4 is 10.5 Å². The SMILES string of the molecule is CCSCc1noc(COc2ccccc2N)n1. The van der Waals surface area contributed by atoms with E-state index in [0.29, 0.717) is 23.2 Å². The van der Waals surface area contributed by atoms with Gasteiger partial charge >= 0.3 is 0 Å². The molecule has 2 N–H and O–H groups in total. The number of hydrogen-bond acceptors (Lipinski definition) is 6. The van der Waals surface area contributed by atoms with Crippen LogP contribution in [0.5, 0.6) is 5.75 Å². The first-order valence-corrected chi connectivity index (χ1v) is 6.81. The van der Waals surface area contributed by atoms with Crippen molar-refractivity contribution >= 4 is 17.4 Å². The molecule has 1 heterocycles. The number of nitrogens with two attached hydrogens (primary N) is 1. The molecule has 0 unspecified atom stereocenters. The maximum atomic E-state index is 5.76. The molecule has 18 heavy (non-hydrogen) atoms. The minimum absolute atomic E-state index is 0.234. The first kappa shape index (κ1) is 12.8. The molecular formula is C12H15N3O2S. The maximum absolute atomic E-state index is 5.76. The summed E-state index contributed by atoms with van der Waals surface area (Å²) in [6.45, 7) is 2.32. The molecule has 96 valence electrons. The number of aromatic nitrogens is 2. The molecule has 0 fully saturated rings. The zero-order valence-corrected chi connectivity index (χ0v) is 10.9. The lowest BCUT2D eigenvalue weighted by Gasteiger charge is -2.05. The third kappa shape index (κ3) is 3.40. The second kappa shape index (κ2) is 6.30. The van der Waals surface area contributed by atoms with E-state index in [-0.39, 0.29) is 6.61 Å². The van der Waals surface area contributed by atoms with Crippen molar-refractivity contribution in [3.8, 4) is 5.75 Å². The minimum Gasteiger partial charge on any atom is -0.482 e. The van der Waals surface area contributed by atoms with E-state index in [0.717, 1.165) is 11.5 Å². The Labute approximate surface area is 110 Å². The van der Waals surface area contributed by atoms with Gasteiger partial charge < -0.3 is 15.0 Å². The largest absolute Gasteiger partial charge is 0.482 e. The Bertz CT molecular complexity index is 502. The van der Waals surface area contributed by atoms with E-state index < -0.39 is 0 Å². The quantitative estimate of drug-likeness (QED) is 0.809. The molecule has 2 aromatic rings. The van der Waals surface area contributed by atoms with E-state index in [4.69, 9.17) is 15.0 Å². The molecule has 2 rings (SSSR count). The number of ether oxygens (including phenoxy) is 1. The van der Waals surface area contributed by atoms with Crippen LogP contribution in [0.1, 0.15) is 18.6 Å². The fourth-order valence-corrected chi connectivity index (χ4v) is 1.86. The number of thioether (sulfide) groups is 1. The highest BCUT2D eigenvalue weighted by molar-refractivity contribution is 7.98. The van der Waals surface area contributed by atoms with Crippen molar-refractivity contribution in [2.24, 2.45) is 0 Å². The standard InChI is InChI=1S/C12H15N3O2S/c1-2-18-8-11-14-12(17-15-11)7-16-10-6-4-3-5-9(10)13/h3-6H,2,7-8,13H2,1H3. The van der Waals surface area contributed by atoms with Gasteiger partial charge in [-0.25, -0.2) is 0 Å². The van der Waals surface area contributed by atoms with Crippen LogP contribution in [0.3, 0.4) is 0 Å². The Morgan fingerprint density at radius 2 is 2.22 bits per heavy atom. The molecule has 0 bridgehead atoms. The predicted molar refractivity (Wildman–Crippen MR) is 71.3 cm³/mol.